The third kappa shape index (κ3) is 3.25. The minimum Gasteiger partial charge on any atom is -0.385 e. The molecule has 1 aromatic heterocycles. The first-order valence-electron chi connectivity index (χ1n) is 5.03. The van der Waals surface area contributed by atoms with E-state index < -0.39 is 4.92 Å². The topological polar surface area (TPSA) is 107 Å². The zero-order valence-electron chi connectivity index (χ0n) is 9.79. The van der Waals surface area contributed by atoms with Gasteiger partial charge in [0.15, 0.2) is 0 Å². The van der Waals surface area contributed by atoms with E-state index in [1.54, 1.807) is 19.1 Å². The van der Waals surface area contributed by atoms with Crippen LogP contribution in [0.3, 0.4) is 0 Å². The quantitative estimate of drug-likeness (QED) is 0.437. The molecule has 17 heavy (non-hydrogen) atoms. The summed E-state index contributed by atoms with van der Waals surface area (Å²) >= 11 is 0. The van der Waals surface area contributed by atoms with E-state index in [-0.39, 0.29) is 17.3 Å². The van der Waals surface area contributed by atoms with Gasteiger partial charge in [-0.3, -0.25) is 10.1 Å². The summed E-state index contributed by atoms with van der Waals surface area (Å²) in [7, 11) is 3.32. The van der Waals surface area contributed by atoms with Crippen molar-refractivity contribution in [3.8, 4) is 0 Å². The molecule has 0 radical (unpaired) electrons. The van der Waals surface area contributed by atoms with Gasteiger partial charge in [0.05, 0.1) is 4.92 Å². The minimum absolute atomic E-state index is 0.126. The molecule has 0 fully saturated rings. The van der Waals surface area contributed by atoms with Crippen molar-refractivity contribution in [2.45, 2.75) is 6.42 Å². The predicted molar refractivity (Wildman–Crippen MR) is 62.9 cm³/mol. The number of nitrogens with two attached hydrogens (primary N) is 1. The third-order valence-electron chi connectivity index (χ3n) is 2.22. The number of aromatic nitrogens is 2. The second kappa shape index (κ2) is 5.94. The number of methoxy groups -OCH3 is 1. The van der Waals surface area contributed by atoms with Gasteiger partial charge in [-0.15, -0.1) is 0 Å². The molecular weight excluding hydrogens is 226 g/mol. The Labute approximate surface area is 98.6 Å². The number of rotatable bonds is 6. The molecular formula is C9H15N5O3. The molecule has 1 aromatic rings. The van der Waals surface area contributed by atoms with Crippen LogP contribution in [-0.2, 0) is 4.74 Å². The van der Waals surface area contributed by atoms with Gasteiger partial charge in [-0.25, -0.2) is 9.97 Å². The molecule has 0 unspecified atom stereocenters. The molecule has 1 heterocycles. The van der Waals surface area contributed by atoms with Crippen LogP contribution in [0.1, 0.15) is 6.42 Å². The number of anilines is 2. The van der Waals surface area contributed by atoms with Crippen molar-refractivity contribution in [3.63, 3.8) is 0 Å². The summed E-state index contributed by atoms with van der Waals surface area (Å²) in [4.78, 5) is 19.5. The Morgan fingerprint density at radius 3 is 2.88 bits per heavy atom. The van der Waals surface area contributed by atoms with Gasteiger partial charge in [0.25, 0.3) is 0 Å². The van der Waals surface area contributed by atoms with E-state index in [1.807, 2.05) is 0 Å². The van der Waals surface area contributed by atoms with Crippen molar-refractivity contribution in [1.82, 2.24) is 9.97 Å². The number of nitrogens with zero attached hydrogens (tertiary/aromatic N) is 4. The molecule has 1 rings (SSSR count). The number of ether oxygens (including phenoxy) is 1. The zero-order chi connectivity index (χ0) is 12.8. The number of hydrogen-bond donors (Lipinski definition) is 1. The van der Waals surface area contributed by atoms with Gasteiger partial charge < -0.3 is 15.4 Å². The summed E-state index contributed by atoms with van der Waals surface area (Å²) in [6.07, 6.45) is 1.96. The maximum atomic E-state index is 10.9. The fourth-order valence-corrected chi connectivity index (χ4v) is 1.39. The largest absolute Gasteiger partial charge is 0.385 e. The normalized spacial score (nSPS) is 10.2. The average Bonchev–Trinajstić information content (AvgIpc) is 2.28. The van der Waals surface area contributed by atoms with Gasteiger partial charge in [-0.05, 0) is 6.42 Å². The molecule has 0 amide bonds. The van der Waals surface area contributed by atoms with Crippen LogP contribution < -0.4 is 10.6 Å². The van der Waals surface area contributed by atoms with Crippen molar-refractivity contribution in [2.24, 2.45) is 0 Å². The fourth-order valence-electron chi connectivity index (χ4n) is 1.39. The SMILES string of the molecule is COCCCN(C)c1ncnc(N)c1[N+](=O)[O-]. The monoisotopic (exact) mass is 241 g/mol. The lowest BCUT2D eigenvalue weighted by Crippen LogP contribution is -2.22. The average molecular weight is 241 g/mol. The molecule has 0 spiro atoms. The Balaban J connectivity index is 2.89. The molecule has 0 bridgehead atoms. The van der Waals surface area contributed by atoms with Crippen LogP contribution in [0, 0.1) is 10.1 Å². The van der Waals surface area contributed by atoms with E-state index in [2.05, 4.69) is 9.97 Å². The maximum absolute atomic E-state index is 10.9. The molecule has 8 heteroatoms. The molecule has 0 aliphatic rings. The highest BCUT2D eigenvalue weighted by Gasteiger charge is 2.23. The van der Waals surface area contributed by atoms with Gasteiger partial charge in [-0.1, -0.05) is 0 Å². The molecule has 0 aliphatic carbocycles. The first-order chi connectivity index (χ1) is 8.07. The molecule has 0 atom stereocenters. The second-order valence-corrected chi connectivity index (χ2v) is 3.46. The van der Waals surface area contributed by atoms with Gasteiger partial charge in [0.2, 0.25) is 11.6 Å². The molecule has 0 saturated carbocycles. The molecule has 0 aliphatic heterocycles. The van der Waals surface area contributed by atoms with Gasteiger partial charge >= 0.3 is 5.69 Å². The third-order valence-corrected chi connectivity index (χ3v) is 2.22. The van der Waals surface area contributed by atoms with E-state index in [9.17, 15) is 10.1 Å². The molecule has 0 saturated heterocycles. The fraction of sp³-hybridized carbons (Fsp3) is 0.556. The summed E-state index contributed by atoms with van der Waals surface area (Å²) in [6, 6.07) is 0. The maximum Gasteiger partial charge on any atom is 0.353 e. The van der Waals surface area contributed by atoms with Crippen molar-refractivity contribution in [1.29, 1.82) is 0 Å². The van der Waals surface area contributed by atoms with Gasteiger partial charge in [-0.2, -0.15) is 0 Å². The lowest BCUT2D eigenvalue weighted by Gasteiger charge is -2.17. The first kappa shape index (κ1) is 13.1. The van der Waals surface area contributed by atoms with Crippen molar-refractivity contribution < 1.29 is 9.66 Å². The van der Waals surface area contributed by atoms with Crippen molar-refractivity contribution in [3.05, 3.63) is 16.4 Å². The van der Waals surface area contributed by atoms with Crippen LogP contribution >= 0.6 is 0 Å². The van der Waals surface area contributed by atoms with E-state index in [0.29, 0.717) is 13.2 Å². The predicted octanol–water partition coefficient (Wildman–Crippen LogP) is 0.440. The Hall–Kier alpha value is -1.96. The van der Waals surface area contributed by atoms with E-state index in [0.717, 1.165) is 6.42 Å². The lowest BCUT2D eigenvalue weighted by atomic mass is 10.3. The van der Waals surface area contributed by atoms with Gasteiger partial charge in [0.1, 0.15) is 6.33 Å². The van der Waals surface area contributed by atoms with Crippen LogP contribution in [-0.4, -0.2) is 42.2 Å². The molecule has 0 aromatic carbocycles. The highest BCUT2D eigenvalue weighted by Crippen LogP contribution is 2.28. The standard InChI is InChI=1S/C9H15N5O3/c1-13(4-3-5-17-2)9-7(14(15)16)8(10)11-6-12-9/h6H,3-5H2,1-2H3,(H2,10,11,12). The summed E-state index contributed by atoms with van der Waals surface area (Å²) in [5.41, 5.74) is 5.21. The smallest absolute Gasteiger partial charge is 0.353 e. The second-order valence-electron chi connectivity index (χ2n) is 3.46. The van der Waals surface area contributed by atoms with E-state index in [1.165, 1.54) is 6.33 Å². The Kier molecular flexibility index (Phi) is 4.58. The van der Waals surface area contributed by atoms with E-state index >= 15 is 0 Å². The van der Waals surface area contributed by atoms with Gasteiger partial charge in [0, 0.05) is 27.3 Å². The van der Waals surface area contributed by atoms with Crippen LogP contribution in [0.4, 0.5) is 17.3 Å². The lowest BCUT2D eigenvalue weighted by molar-refractivity contribution is -0.383. The number of nitro groups is 1. The Bertz CT molecular complexity index is 398. The summed E-state index contributed by atoms with van der Waals surface area (Å²) in [6.45, 7) is 1.17. The summed E-state index contributed by atoms with van der Waals surface area (Å²) < 4.78 is 4.91. The van der Waals surface area contributed by atoms with Crippen LogP contribution in [0.25, 0.3) is 0 Å². The number of nitrogen functional groups attached to an aromatic ring is 1. The molecule has 2 N–H and O–H groups in total. The van der Waals surface area contributed by atoms with Crippen molar-refractivity contribution in [2.75, 3.05) is 37.9 Å². The Morgan fingerprint density at radius 2 is 2.29 bits per heavy atom. The van der Waals surface area contributed by atoms with Crippen molar-refractivity contribution >= 4 is 17.3 Å². The highest BCUT2D eigenvalue weighted by atomic mass is 16.6. The highest BCUT2D eigenvalue weighted by molar-refractivity contribution is 5.67. The molecule has 8 nitrogen and oxygen atoms in total. The Morgan fingerprint density at radius 1 is 1.59 bits per heavy atom. The zero-order valence-corrected chi connectivity index (χ0v) is 9.79. The summed E-state index contributed by atoms with van der Waals surface area (Å²) in [5.74, 6) is 0.0946. The first-order valence-corrected chi connectivity index (χ1v) is 5.03. The number of hydrogen-bond acceptors (Lipinski definition) is 7. The summed E-state index contributed by atoms with van der Waals surface area (Å²) in [5, 5.41) is 10.9. The minimum atomic E-state index is -0.572. The van der Waals surface area contributed by atoms with Crippen LogP contribution in [0.2, 0.25) is 0 Å². The molecule has 94 valence electrons. The van der Waals surface area contributed by atoms with Crippen LogP contribution in [0.15, 0.2) is 6.33 Å². The van der Waals surface area contributed by atoms with Crippen LogP contribution in [0.5, 0.6) is 0 Å². The van der Waals surface area contributed by atoms with E-state index in [4.69, 9.17) is 10.5 Å².